The van der Waals surface area contributed by atoms with E-state index < -0.39 is 26.3 Å². The molecule has 0 spiro atoms. The summed E-state index contributed by atoms with van der Waals surface area (Å²) < 4.78 is 17.3. The number of aliphatic hydroxyl groups is 1. The predicted molar refractivity (Wildman–Crippen MR) is 152 cm³/mol. The minimum absolute atomic E-state index is 0.0148. The van der Waals surface area contributed by atoms with Crippen LogP contribution in [0.4, 0.5) is 4.79 Å². The van der Waals surface area contributed by atoms with Crippen LogP contribution in [0.2, 0.25) is 18.1 Å². The molecule has 0 saturated carbocycles. The van der Waals surface area contributed by atoms with E-state index >= 15 is 0 Å². The van der Waals surface area contributed by atoms with Crippen molar-refractivity contribution in [1.29, 1.82) is 0 Å². The smallest absolute Gasteiger partial charge is 0.410 e. The summed E-state index contributed by atoms with van der Waals surface area (Å²) in [7, 11) is -2.13. The zero-order valence-electron chi connectivity index (χ0n) is 24.1. The molecule has 39 heavy (non-hydrogen) atoms. The Hall–Kier alpha value is -1.86. The molecule has 0 aromatic carbocycles. The second kappa shape index (κ2) is 12.3. The van der Waals surface area contributed by atoms with Crippen molar-refractivity contribution in [3.05, 3.63) is 23.3 Å². The van der Waals surface area contributed by atoms with Crippen LogP contribution in [0.1, 0.15) is 41.0 Å². The van der Waals surface area contributed by atoms with Gasteiger partial charge in [-0.15, -0.1) is 11.8 Å². The van der Waals surface area contributed by atoms with Gasteiger partial charge in [0.25, 0.3) is 0 Å². The Morgan fingerprint density at radius 2 is 1.97 bits per heavy atom. The van der Waals surface area contributed by atoms with Gasteiger partial charge in [0.15, 0.2) is 8.32 Å². The molecule has 10 nitrogen and oxygen atoms in total. The van der Waals surface area contributed by atoms with E-state index in [-0.39, 0.29) is 72.4 Å². The lowest BCUT2D eigenvalue weighted by atomic mass is 9.79. The van der Waals surface area contributed by atoms with Crippen LogP contribution in [0.15, 0.2) is 23.3 Å². The number of hydrogen-bond acceptors (Lipinski definition) is 8. The molecule has 0 radical (unpaired) electrons. The summed E-state index contributed by atoms with van der Waals surface area (Å²) in [6, 6.07) is -0.550. The number of carbonyl (C=O) groups excluding carboxylic acids is 2. The standard InChI is InChI=1S/C27H44N2O8SSi/c1-9-11-36-26(34)28-14-19(13-18(28)15-35-12-10-30)38-23-16(2)21-20(24(31)29(21)22(23)25(32)33)17(3)37-39(7,8)27(4,5)6/h9,16-21,30H,1,10-15H2,2-8H3,(H,32,33)/t16-,17-,18+,19+,20-,21-/m1/s1. The Morgan fingerprint density at radius 3 is 2.54 bits per heavy atom. The average Bonchev–Trinajstić information content (AvgIpc) is 3.34. The number of amides is 2. The molecule has 0 aromatic rings. The quantitative estimate of drug-likeness (QED) is 0.153. The maximum Gasteiger partial charge on any atom is 0.410 e. The third-order valence-electron chi connectivity index (χ3n) is 8.36. The molecule has 12 heteroatoms. The van der Waals surface area contributed by atoms with Gasteiger partial charge in [0.2, 0.25) is 5.91 Å². The van der Waals surface area contributed by atoms with E-state index in [0.29, 0.717) is 17.9 Å². The third-order valence-corrected chi connectivity index (χ3v) is 14.4. The Labute approximate surface area is 236 Å². The van der Waals surface area contributed by atoms with Crippen molar-refractivity contribution in [1.82, 2.24) is 9.80 Å². The highest BCUT2D eigenvalue weighted by Crippen LogP contribution is 2.53. The summed E-state index contributed by atoms with van der Waals surface area (Å²) in [6.45, 7) is 18.9. The van der Waals surface area contributed by atoms with Gasteiger partial charge >= 0.3 is 12.1 Å². The summed E-state index contributed by atoms with van der Waals surface area (Å²) >= 11 is 1.43. The number of fused-ring (bicyclic) bond motifs is 1. The largest absolute Gasteiger partial charge is 0.477 e. The molecule has 0 aromatic heterocycles. The number of ether oxygens (including phenoxy) is 2. The molecule has 2 N–H and O–H groups in total. The highest BCUT2D eigenvalue weighted by molar-refractivity contribution is 8.03. The van der Waals surface area contributed by atoms with Crippen molar-refractivity contribution < 1.29 is 38.5 Å². The molecule has 0 aliphatic carbocycles. The number of carboxylic acid groups (broad SMARTS) is 1. The lowest BCUT2D eigenvalue weighted by Crippen LogP contribution is -2.65. The van der Waals surface area contributed by atoms with E-state index in [1.165, 1.54) is 22.7 Å². The highest BCUT2D eigenvalue weighted by Gasteiger charge is 2.61. The van der Waals surface area contributed by atoms with Crippen LogP contribution in [0.25, 0.3) is 0 Å². The molecule has 2 saturated heterocycles. The zero-order chi connectivity index (χ0) is 29.3. The normalized spacial score (nSPS) is 27.9. The van der Waals surface area contributed by atoms with Crippen molar-refractivity contribution in [2.24, 2.45) is 11.8 Å². The summed E-state index contributed by atoms with van der Waals surface area (Å²) in [5, 5.41) is 19.1. The third kappa shape index (κ3) is 6.40. The predicted octanol–water partition coefficient (Wildman–Crippen LogP) is 3.68. The molecule has 3 rings (SSSR count). The summed E-state index contributed by atoms with van der Waals surface area (Å²) in [5.41, 5.74) is 0.0408. The molecule has 3 aliphatic heterocycles. The van der Waals surface area contributed by atoms with E-state index in [9.17, 15) is 19.5 Å². The lowest BCUT2D eigenvalue weighted by Gasteiger charge is -2.50. The van der Waals surface area contributed by atoms with Gasteiger partial charge in [-0.05, 0) is 31.5 Å². The second-order valence-electron chi connectivity index (χ2n) is 12.1. The van der Waals surface area contributed by atoms with Gasteiger partial charge in [-0.25, -0.2) is 9.59 Å². The molecule has 0 bridgehead atoms. The zero-order valence-corrected chi connectivity index (χ0v) is 26.0. The van der Waals surface area contributed by atoms with Crippen LogP contribution in [-0.4, -0.2) is 103 Å². The number of thioether (sulfide) groups is 1. The number of hydrogen-bond donors (Lipinski definition) is 2. The van der Waals surface area contributed by atoms with Crippen LogP contribution in [-0.2, 0) is 23.5 Å². The van der Waals surface area contributed by atoms with Crippen LogP contribution in [0, 0.1) is 11.8 Å². The minimum atomic E-state index is -2.13. The van der Waals surface area contributed by atoms with Crippen LogP contribution in [0.3, 0.4) is 0 Å². The highest BCUT2D eigenvalue weighted by atomic mass is 32.2. The number of β-lactam (4-membered cyclic amide) rings is 1. The Bertz CT molecular complexity index is 997. The van der Waals surface area contributed by atoms with Crippen molar-refractivity contribution in [3.63, 3.8) is 0 Å². The van der Waals surface area contributed by atoms with Crippen molar-refractivity contribution in [3.8, 4) is 0 Å². The fourth-order valence-electron chi connectivity index (χ4n) is 5.40. The number of aliphatic carboxylic acids is 1. The Balaban J connectivity index is 1.78. The second-order valence-corrected chi connectivity index (χ2v) is 18.2. The number of aliphatic hydroxyl groups excluding tert-OH is 1. The van der Waals surface area contributed by atoms with Crippen molar-refractivity contribution >= 4 is 38.0 Å². The van der Waals surface area contributed by atoms with Gasteiger partial charge in [0, 0.05) is 22.6 Å². The number of nitrogens with zero attached hydrogens (tertiary/aromatic N) is 2. The van der Waals surface area contributed by atoms with E-state index in [0.717, 1.165) is 0 Å². The van der Waals surface area contributed by atoms with E-state index in [1.807, 2.05) is 13.8 Å². The van der Waals surface area contributed by atoms with Crippen LogP contribution in [0.5, 0.6) is 0 Å². The Morgan fingerprint density at radius 1 is 1.31 bits per heavy atom. The van der Waals surface area contributed by atoms with Gasteiger partial charge in [0.05, 0.1) is 43.9 Å². The van der Waals surface area contributed by atoms with Gasteiger partial charge in [0.1, 0.15) is 12.3 Å². The lowest BCUT2D eigenvalue weighted by molar-refractivity contribution is -0.162. The van der Waals surface area contributed by atoms with Crippen molar-refractivity contribution in [2.45, 2.75) is 82.6 Å². The summed E-state index contributed by atoms with van der Waals surface area (Å²) in [6.07, 6.45) is 1.25. The first-order chi connectivity index (χ1) is 18.2. The average molecular weight is 585 g/mol. The van der Waals surface area contributed by atoms with Crippen molar-refractivity contribution in [2.75, 3.05) is 33.0 Å². The molecule has 220 valence electrons. The van der Waals surface area contributed by atoms with Crippen LogP contribution >= 0.6 is 11.8 Å². The van der Waals surface area contributed by atoms with Gasteiger partial charge in [-0.1, -0.05) is 40.3 Å². The number of rotatable bonds is 12. The fourth-order valence-corrected chi connectivity index (χ4v) is 8.39. The molecule has 6 atom stereocenters. The molecule has 0 unspecified atom stereocenters. The first kappa shape index (κ1) is 31.7. The SMILES string of the molecule is C=CCOC(=O)N1C[C@@H](SC2=C(C(=O)O)N3C(=O)[C@H]([C@@H](C)O[Si](C)(C)C(C)(C)C)[C@H]3[C@H]2C)C[C@H]1COCCO. The monoisotopic (exact) mass is 584 g/mol. The number of carboxylic acids is 1. The number of likely N-dealkylation sites (tertiary alicyclic amines) is 1. The Kier molecular flexibility index (Phi) is 10.0. The molecule has 3 aliphatic rings. The first-order valence-corrected chi connectivity index (χ1v) is 17.3. The van der Waals surface area contributed by atoms with Crippen LogP contribution < -0.4 is 0 Å². The molecule has 3 heterocycles. The molecule has 2 amide bonds. The summed E-state index contributed by atoms with van der Waals surface area (Å²) in [5.74, 6) is -1.92. The number of carbonyl (C=O) groups is 3. The maximum absolute atomic E-state index is 13.3. The van der Waals surface area contributed by atoms with E-state index in [4.69, 9.17) is 19.0 Å². The maximum atomic E-state index is 13.3. The summed E-state index contributed by atoms with van der Waals surface area (Å²) in [4.78, 5) is 42.1. The molecule has 2 fully saturated rings. The first-order valence-electron chi connectivity index (χ1n) is 13.5. The van der Waals surface area contributed by atoms with Gasteiger partial charge in [-0.2, -0.15) is 0 Å². The topological polar surface area (TPSA) is 126 Å². The molecular formula is C27H44N2O8SSi. The van der Waals surface area contributed by atoms with Gasteiger partial charge < -0.3 is 33.9 Å². The van der Waals surface area contributed by atoms with Gasteiger partial charge in [-0.3, -0.25) is 4.79 Å². The van der Waals surface area contributed by atoms with E-state index in [2.05, 4.69) is 40.4 Å². The van der Waals surface area contributed by atoms with E-state index in [1.54, 1.807) is 4.90 Å². The minimum Gasteiger partial charge on any atom is -0.477 e. The fraction of sp³-hybridized carbons (Fsp3) is 0.741. The molecular weight excluding hydrogens is 540 g/mol.